The first-order valence-electron chi connectivity index (χ1n) is 7.96. The van der Waals surface area contributed by atoms with E-state index in [0.29, 0.717) is 23.5 Å². The van der Waals surface area contributed by atoms with Crippen molar-refractivity contribution < 1.29 is 4.74 Å². The van der Waals surface area contributed by atoms with Gasteiger partial charge in [0, 0.05) is 42.9 Å². The van der Waals surface area contributed by atoms with Gasteiger partial charge in [-0.15, -0.1) is 0 Å². The van der Waals surface area contributed by atoms with Gasteiger partial charge in [-0.1, -0.05) is 6.07 Å². The smallest absolute Gasteiger partial charge is 0.262 e. The largest absolute Gasteiger partial charge is 0.376 e. The first-order chi connectivity index (χ1) is 11.8. The molecule has 122 valence electrons. The summed E-state index contributed by atoms with van der Waals surface area (Å²) in [7, 11) is 0. The van der Waals surface area contributed by atoms with Gasteiger partial charge >= 0.3 is 0 Å². The Kier molecular flexibility index (Phi) is 3.92. The third kappa shape index (κ3) is 2.85. The Morgan fingerprint density at radius 2 is 2.29 bits per heavy atom. The lowest BCUT2D eigenvalue weighted by atomic mass is 10.1. The number of nitrogens with zero attached hydrogens (tertiary/aromatic N) is 3. The molecule has 1 fully saturated rings. The summed E-state index contributed by atoms with van der Waals surface area (Å²) in [5, 5.41) is 3.60. The average Bonchev–Trinajstić information content (AvgIpc) is 3.14. The Labute approximate surface area is 138 Å². The normalized spacial score (nSPS) is 17.2. The van der Waals surface area contributed by atoms with Gasteiger partial charge in [-0.25, -0.2) is 4.98 Å². The average molecular weight is 323 g/mol. The number of hydrogen-bond donors (Lipinski definition) is 2. The van der Waals surface area contributed by atoms with Crippen LogP contribution in [-0.4, -0.2) is 39.2 Å². The highest BCUT2D eigenvalue weighted by Crippen LogP contribution is 2.23. The van der Waals surface area contributed by atoms with E-state index in [0.717, 1.165) is 30.6 Å². The number of rotatable bonds is 4. The van der Waals surface area contributed by atoms with Gasteiger partial charge in [0.2, 0.25) is 5.95 Å². The van der Waals surface area contributed by atoms with Gasteiger partial charge in [-0.3, -0.25) is 14.8 Å². The van der Waals surface area contributed by atoms with Crippen LogP contribution in [0.5, 0.6) is 0 Å². The number of hydrogen-bond acceptors (Lipinski definition) is 6. The molecular weight excluding hydrogens is 306 g/mol. The van der Waals surface area contributed by atoms with Crippen molar-refractivity contribution in [3.63, 3.8) is 0 Å². The van der Waals surface area contributed by atoms with Crippen LogP contribution in [-0.2, 0) is 4.74 Å². The van der Waals surface area contributed by atoms with Crippen LogP contribution in [0.2, 0.25) is 0 Å². The second kappa shape index (κ2) is 6.37. The summed E-state index contributed by atoms with van der Waals surface area (Å²) in [6.07, 6.45) is 7.33. The van der Waals surface area contributed by atoms with Crippen LogP contribution in [0.3, 0.4) is 0 Å². The molecule has 24 heavy (non-hydrogen) atoms. The molecule has 4 heterocycles. The van der Waals surface area contributed by atoms with Crippen molar-refractivity contribution in [3.8, 4) is 11.1 Å². The van der Waals surface area contributed by atoms with Gasteiger partial charge in [0.25, 0.3) is 5.56 Å². The first-order valence-corrected chi connectivity index (χ1v) is 7.96. The van der Waals surface area contributed by atoms with E-state index in [9.17, 15) is 4.79 Å². The minimum Gasteiger partial charge on any atom is -0.376 e. The van der Waals surface area contributed by atoms with Crippen LogP contribution in [0.4, 0.5) is 5.95 Å². The molecule has 0 spiro atoms. The fourth-order valence-electron chi connectivity index (χ4n) is 2.93. The number of aromatic amines is 1. The summed E-state index contributed by atoms with van der Waals surface area (Å²) in [4.78, 5) is 28.1. The van der Waals surface area contributed by atoms with E-state index >= 15 is 0 Å². The molecule has 0 aromatic carbocycles. The maximum atomic E-state index is 12.6. The van der Waals surface area contributed by atoms with Gasteiger partial charge in [-0.2, -0.15) is 4.98 Å². The lowest BCUT2D eigenvalue weighted by Gasteiger charge is -2.11. The second-order valence-corrected chi connectivity index (χ2v) is 5.73. The van der Waals surface area contributed by atoms with Crippen molar-refractivity contribution in [1.29, 1.82) is 0 Å². The molecule has 7 nitrogen and oxygen atoms in total. The summed E-state index contributed by atoms with van der Waals surface area (Å²) in [6, 6.07) is 5.54. The summed E-state index contributed by atoms with van der Waals surface area (Å²) in [5.74, 6) is 0.416. The molecule has 0 radical (unpaired) electrons. The predicted octanol–water partition coefficient (Wildman–Crippen LogP) is 1.97. The van der Waals surface area contributed by atoms with Crippen LogP contribution in [0.15, 0.2) is 41.6 Å². The highest BCUT2D eigenvalue weighted by atomic mass is 16.5. The Hall–Kier alpha value is -2.80. The fraction of sp³-hybridized carbons (Fsp3) is 0.294. The molecule has 0 aliphatic carbocycles. The van der Waals surface area contributed by atoms with E-state index < -0.39 is 0 Å². The van der Waals surface area contributed by atoms with Crippen molar-refractivity contribution in [2.45, 2.75) is 18.9 Å². The second-order valence-electron chi connectivity index (χ2n) is 5.73. The molecule has 3 aromatic rings. The highest BCUT2D eigenvalue weighted by Gasteiger charge is 2.16. The van der Waals surface area contributed by atoms with Crippen molar-refractivity contribution in [2.75, 3.05) is 18.5 Å². The molecule has 2 N–H and O–H groups in total. The van der Waals surface area contributed by atoms with Gasteiger partial charge in [0.05, 0.1) is 11.5 Å². The number of anilines is 1. The van der Waals surface area contributed by atoms with Crippen molar-refractivity contribution in [2.24, 2.45) is 0 Å². The van der Waals surface area contributed by atoms with E-state index in [1.54, 1.807) is 24.7 Å². The number of pyridine rings is 2. The number of aromatic nitrogens is 4. The maximum Gasteiger partial charge on any atom is 0.262 e. The Morgan fingerprint density at radius 3 is 3.08 bits per heavy atom. The number of ether oxygens (including phenoxy) is 1. The molecule has 1 saturated heterocycles. The van der Waals surface area contributed by atoms with E-state index in [1.165, 1.54) is 0 Å². The molecule has 1 unspecified atom stereocenters. The molecule has 0 saturated carbocycles. The quantitative estimate of drug-likeness (QED) is 0.762. The Bertz CT molecular complexity index is 904. The first kappa shape index (κ1) is 14.8. The third-order valence-electron chi connectivity index (χ3n) is 4.10. The van der Waals surface area contributed by atoms with Crippen molar-refractivity contribution in [1.82, 2.24) is 19.9 Å². The monoisotopic (exact) mass is 323 g/mol. The zero-order valence-corrected chi connectivity index (χ0v) is 13.0. The van der Waals surface area contributed by atoms with Gasteiger partial charge in [0.15, 0.2) is 5.65 Å². The Morgan fingerprint density at radius 1 is 1.33 bits per heavy atom. The molecule has 1 aliphatic rings. The molecule has 0 amide bonds. The number of nitrogens with one attached hydrogen (secondary N) is 2. The van der Waals surface area contributed by atoms with Crippen LogP contribution in [0, 0.1) is 0 Å². The topological polar surface area (TPSA) is 92.8 Å². The summed E-state index contributed by atoms with van der Waals surface area (Å²) in [5.41, 5.74) is 1.82. The number of H-pyrrole nitrogens is 1. The standard InChI is InChI=1S/C17H17N5O2/c23-16-14-13(11-3-1-6-18-9-11)5-7-19-15(14)21-17(22-16)20-10-12-4-2-8-24-12/h1,3,5-7,9,12H,2,4,8,10H2,(H2,19,20,21,22,23). The molecule has 1 aliphatic heterocycles. The molecule has 1 atom stereocenters. The van der Waals surface area contributed by atoms with Crippen molar-refractivity contribution in [3.05, 3.63) is 47.1 Å². The zero-order chi connectivity index (χ0) is 16.4. The van der Waals surface area contributed by atoms with Crippen molar-refractivity contribution >= 4 is 17.0 Å². The minimum atomic E-state index is -0.221. The molecular formula is C17H17N5O2. The molecule has 0 bridgehead atoms. The predicted molar refractivity (Wildman–Crippen MR) is 90.9 cm³/mol. The van der Waals surface area contributed by atoms with E-state index in [1.807, 2.05) is 12.1 Å². The molecule has 7 heteroatoms. The molecule has 3 aromatic heterocycles. The molecule has 4 rings (SSSR count). The fourth-order valence-corrected chi connectivity index (χ4v) is 2.93. The third-order valence-corrected chi connectivity index (χ3v) is 4.10. The van der Waals surface area contributed by atoms with Gasteiger partial charge < -0.3 is 10.1 Å². The lowest BCUT2D eigenvalue weighted by molar-refractivity contribution is 0.120. The lowest BCUT2D eigenvalue weighted by Crippen LogP contribution is -2.22. The van der Waals surface area contributed by atoms with E-state index in [-0.39, 0.29) is 11.7 Å². The summed E-state index contributed by atoms with van der Waals surface area (Å²) < 4.78 is 5.56. The van der Waals surface area contributed by atoms with Gasteiger partial charge in [-0.05, 0) is 25.0 Å². The van der Waals surface area contributed by atoms with E-state index in [4.69, 9.17) is 4.74 Å². The summed E-state index contributed by atoms with van der Waals surface area (Å²) in [6.45, 7) is 1.42. The van der Waals surface area contributed by atoms with E-state index in [2.05, 4.69) is 25.3 Å². The minimum absolute atomic E-state index is 0.167. The zero-order valence-electron chi connectivity index (χ0n) is 13.0. The Balaban J connectivity index is 1.70. The van der Waals surface area contributed by atoms with Crippen LogP contribution in [0.25, 0.3) is 22.2 Å². The summed E-state index contributed by atoms with van der Waals surface area (Å²) >= 11 is 0. The van der Waals surface area contributed by atoms with Crippen LogP contribution in [0.1, 0.15) is 12.8 Å². The van der Waals surface area contributed by atoms with Crippen LogP contribution < -0.4 is 10.9 Å². The maximum absolute atomic E-state index is 12.6. The SMILES string of the molecule is O=c1[nH]c(NCC2CCCO2)nc2nccc(-c3cccnc3)c12. The highest BCUT2D eigenvalue weighted by molar-refractivity contribution is 5.91. The van der Waals surface area contributed by atoms with Gasteiger partial charge in [0.1, 0.15) is 0 Å². The number of fused-ring (bicyclic) bond motifs is 1. The van der Waals surface area contributed by atoms with Crippen LogP contribution >= 0.6 is 0 Å².